The predicted octanol–water partition coefficient (Wildman–Crippen LogP) is 13.1. The first kappa shape index (κ1) is 39.7. The zero-order valence-electron chi connectivity index (χ0n) is 35.5. The Bertz CT molecular complexity index is 2030. The first-order valence-corrected chi connectivity index (χ1v) is 22.7. The van der Waals surface area contributed by atoms with E-state index in [2.05, 4.69) is 227 Å². The van der Waals surface area contributed by atoms with Crippen LogP contribution in [-0.2, 0) is 0 Å². The van der Waals surface area contributed by atoms with Crippen molar-refractivity contribution in [3.63, 3.8) is 0 Å². The molecule has 0 amide bonds. The van der Waals surface area contributed by atoms with E-state index in [-0.39, 0.29) is 0 Å². The van der Waals surface area contributed by atoms with Crippen molar-refractivity contribution in [2.24, 2.45) is 0 Å². The van der Waals surface area contributed by atoms with E-state index < -0.39 is 0 Å². The van der Waals surface area contributed by atoms with E-state index in [4.69, 9.17) is 0 Å². The van der Waals surface area contributed by atoms with Crippen molar-refractivity contribution in [3.05, 3.63) is 215 Å². The molecule has 4 heterocycles. The van der Waals surface area contributed by atoms with Gasteiger partial charge in [0, 0.05) is 0 Å². The Balaban J connectivity index is 0.000000154. The van der Waals surface area contributed by atoms with Crippen molar-refractivity contribution in [1.29, 1.82) is 0 Å². The smallest absolute Gasteiger partial charge is 0.235 e. The summed E-state index contributed by atoms with van der Waals surface area (Å²) in [7, 11) is 0. The minimum atomic E-state index is 0.431. The first-order valence-electron chi connectivity index (χ1n) is 22.7. The minimum absolute atomic E-state index is 0.431. The van der Waals surface area contributed by atoms with E-state index >= 15 is 0 Å². The zero-order valence-corrected chi connectivity index (χ0v) is 35.5. The second kappa shape index (κ2) is 18.7. The predicted molar refractivity (Wildman–Crippen MR) is 247 cm³/mol. The second-order valence-electron chi connectivity index (χ2n) is 17.6. The van der Waals surface area contributed by atoms with Crippen molar-refractivity contribution >= 4 is 12.7 Å². The average molecular weight is 791 g/mol. The average Bonchev–Trinajstić information content (AvgIpc) is 4.12. The zero-order chi connectivity index (χ0) is 40.7. The Morgan fingerprint density at radius 2 is 0.550 bits per heavy atom. The van der Waals surface area contributed by atoms with Crippen LogP contribution in [0, 0.1) is 0 Å². The lowest BCUT2D eigenvalue weighted by molar-refractivity contribution is -0.590. The van der Waals surface area contributed by atoms with Gasteiger partial charge in [0.15, 0.2) is 0 Å². The summed E-state index contributed by atoms with van der Waals surface area (Å²) in [4.78, 5) is 5.26. The highest BCUT2D eigenvalue weighted by Crippen LogP contribution is 2.44. The van der Waals surface area contributed by atoms with Crippen molar-refractivity contribution in [3.8, 4) is 0 Å². The molecule has 4 aliphatic rings. The molecule has 8 atom stereocenters. The third kappa shape index (κ3) is 8.61. The van der Waals surface area contributed by atoms with Crippen LogP contribution in [-0.4, -0.2) is 43.7 Å². The van der Waals surface area contributed by atoms with Gasteiger partial charge < -0.3 is 0 Å². The van der Waals surface area contributed by atoms with Gasteiger partial charge in [-0.05, 0) is 98.6 Å². The van der Waals surface area contributed by atoms with Crippen molar-refractivity contribution in [2.75, 3.05) is 0 Å². The van der Waals surface area contributed by atoms with Crippen LogP contribution in [0.4, 0.5) is 0 Å². The van der Waals surface area contributed by atoms with Crippen LogP contribution in [0.2, 0.25) is 0 Å². The van der Waals surface area contributed by atoms with Gasteiger partial charge >= 0.3 is 0 Å². The third-order valence-corrected chi connectivity index (χ3v) is 14.0. The molecule has 0 saturated carbocycles. The lowest BCUT2D eigenvalue weighted by atomic mass is 10.0. The summed E-state index contributed by atoms with van der Waals surface area (Å²) in [6.45, 7) is 4.76. The Hall–Kier alpha value is -5.74. The highest BCUT2D eigenvalue weighted by molar-refractivity contribution is 5.54. The normalized spacial score (nSPS) is 26.2. The van der Waals surface area contributed by atoms with E-state index in [1.165, 1.54) is 84.7 Å². The Labute approximate surface area is 359 Å². The van der Waals surface area contributed by atoms with Crippen molar-refractivity contribution in [2.45, 2.75) is 114 Å². The van der Waals surface area contributed by atoms with Crippen molar-refractivity contribution < 1.29 is 9.15 Å². The summed E-state index contributed by atoms with van der Waals surface area (Å²) in [5.74, 6) is 0. The third-order valence-electron chi connectivity index (χ3n) is 14.0. The summed E-state index contributed by atoms with van der Waals surface area (Å²) >= 11 is 0. The van der Waals surface area contributed by atoms with E-state index in [0.717, 1.165) is 0 Å². The van der Waals surface area contributed by atoms with Gasteiger partial charge in [0.2, 0.25) is 12.7 Å². The maximum Gasteiger partial charge on any atom is 0.235 e. The number of hydrogen-bond donors (Lipinski definition) is 0. The molecule has 10 rings (SSSR count). The molecule has 304 valence electrons. The van der Waals surface area contributed by atoms with Crippen LogP contribution in [0.5, 0.6) is 0 Å². The fourth-order valence-electron chi connectivity index (χ4n) is 10.8. The molecule has 0 aliphatic carbocycles. The van der Waals surface area contributed by atoms with E-state index in [0.29, 0.717) is 48.3 Å². The molecule has 4 aliphatic heterocycles. The molecule has 4 nitrogen and oxygen atoms in total. The van der Waals surface area contributed by atoms with Crippen LogP contribution in [0.25, 0.3) is 0 Å². The molecule has 6 aromatic rings. The Morgan fingerprint density at radius 3 is 0.800 bits per heavy atom. The van der Waals surface area contributed by atoms with E-state index in [1.54, 1.807) is 0 Å². The Kier molecular flexibility index (Phi) is 12.4. The first-order chi connectivity index (χ1) is 29.6. The van der Waals surface area contributed by atoms with Gasteiger partial charge in [-0.3, -0.25) is 19.0 Å². The molecule has 0 spiro atoms. The van der Waals surface area contributed by atoms with Gasteiger partial charge in [-0.1, -0.05) is 182 Å². The van der Waals surface area contributed by atoms with Gasteiger partial charge in [-0.2, -0.15) is 0 Å². The van der Waals surface area contributed by atoms with Crippen molar-refractivity contribution in [1.82, 2.24) is 9.80 Å². The number of rotatable bonds is 8. The van der Waals surface area contributed by atoms with E-state index in [9.17, 15) is 0 Å². The van der Waals surface area contributed by atoms with Crippen LogP contribution in [0.1, 0.15) is 135 Å². The second-order valence-corrected chi connectivity index (χ2v) is 17.6. The number of benzene rings is 6. The summed E-state index contributed by atoms with van der Waals surface area (Å²) in [5, 5.41) is 0. The van der Waals surface area contributed by atoms with Crippen LogP contribution in [0.3, 0.4) is 0 Å². The summed E-state index contributed by atoms with van der Waals surface area (Å²) < 4.78 is 5.31. The molecule has 6 aromatic carbocycles. The summed E-state index contributed by atoms with van der Waals surface area (Å²) in [6, 6.07) is 70.1. The molecule has 0 N–H and O–H groups in total. The maximum atomic E-state index is 2.66. The highest BCUT2D eigenvalue weighted by atomic mass is 15.3. The van der Waals surface area contributed by atoms with Gasteiger partial charge in [-0.25, -0.2) is 0 Å². The molecule has 4 fully saturated rings. The molecule has 0 aromatic heterocycles. The Morgan fingerprint density at radius 1 is 0.317 bits per heavy atom. The number of nitrogens with zero attached hydrogens (tertiary/aromatic N) is 4. The lowest BCUT2D eigenvalue weighted by Gasteiger charge is -2.25. The molecule has 4 saturated heterocycles. The van der Waals surface area contributed by atoms with Crippen LogP contribution in [0.15, 0.2) is 182 Å². The fourth-order valence-corrected chi connectivity index (χ4v) is 10.8. The SMILES string of the molecule is C[C@@H]1CC[C@@H](c2ccccc2)N1C=[N+]1[C@H](c2ccccc2)CC[C@H]1c1ccccc1.C[C@H]1CC[C@H](c2ccccc2)N1C=[N+]1[C@@H](c2ccccc2)CC[C@@H]1c1ccccc1. The molecular weight excluding hydrogens is 729 g/mol. The molecule has 60 heavy (non-hydrogen) atoms. The monoisotopic (exact) mass is 790 g/mol. The highest BCUT2D eigenvalue weighted by Gasteiger charge is 2.42. The molecule has 0 radical (unpaired) electrons. The largest absolute Gasteiger partial charge is 0.259 e. The van der Waals surface area contributed by atoms with Gasteiger partial charge in [-0.15, -0.1) is 0 Å². The topological polar surface area (TPSA) is 12.5 Å². The van der Waals surface area contributed by atoms with Gasteiger partial charge in [0.05, 0.1) is 12.1 Å². The molecule has 0 unspecified atom stereocenters. The van der Waals surface area contributed by atoms with Gasteiger partial charge in [0.25, 0.3) is 0 Å². The maximum absolute atomic E-state index is 2.66. The van der Waals surface area contributed by atoms with E-state index in [1.807, 2.05) is 0 Å². The molecular formula is C56H62N4+2. The molecule has 4 heteroatoms. The van der Waals surface area contributed by atoms with Crippen LogP contribution >= 0.6 is 0 Å². The molecule has 0 bridgehead atoms. The summed E-state index contributed by atoms with van der Waals surface area (Å²) in [5.41, 5.74) is 8.57. The quantitative estimate of drug-likeness (QED) is 0.112. The number of hydrogen-bond acceptors (Lipinski definition) is 0. The fraction of sp³-hybridized carbons (Fsp3) is 0.321. The van der Waals surface area contributed by atoms with Crippen LogP contribution < -0.4 is 0 Å². The van der Waals surface area contributed by atoms with Gasteiger partial charge in [0.1, 0.15) is 36.3 Å². The number of likely N-dealkylation sites (tertiary alicyclic amines) is 2. The standard InChI is InChI=1S/2C28H31N2/c2*1-22-17-18-26(23-11-5-2-6-12-23)29(22)21-30-27(24-13-7-3-8-14-24)19-20-28(30)25-15-9-4-10-16-25/h2*2-16,21-22,26-28H,17-20H2,1H3/q2*+1/t2*22-,26+,27+,28+/m10/s1. The summed E-state index contributed by atoms with van der Waals surface area (Å²) in [6.07, 6.45) is 14.7. The lowest BCUT2D eigenvalue weighted by Crippen LogP contribution is -2.34. The minimum Gasteiger partial charge on any atom is -0.259 e.